The summed E-state index contributed by atoms with van der Waals surface area (Å²) in [6.45, 7) is 3.10. The van der Waals surface area contributed by atoms with Gasteiger partial charge in [0.15, 0.2) is 0 Å². The van der Waals surface area contributed by atoms with Gasteiger partial charge >= 0.3 is 5.97 Å². The largest absolute Gasteiger partial charge is 0.480 e. The molecule has 4 amide bonds. The molecule has 13 heteroatoms. The van der Waals surface area contributed by atoms with Gasteiger partial charge in [-0.25, -0.2) is 4.79 Å². The molecular weight excluding hydrogens is 424 g/mol. The average Bonchev–Trinajstić information content (AvgIpc) is 2.73. The van der Waals surface area contributed by atoms with Gasteiger partial charge in [0.1, 0.15) is 18.1 Å². The van der Waals surface area contributed by atoms with Gasteiger partial charge in [-0.15, -0.1) is 0 Å². The van der Waals surface area contributed by atoms with Crippen LogP contribution in [-0.4, -0.2) is 77.1 Å². The maximum atomic E-state index is 12.6. The molecule has 0 saturated carbocycles. The highest BCUT2D eigenvalue weighted by molar-refractivity contribution is 5.95. The van der Waals surface area contributed by atoms with Gasteiger partial charge in [-0.05, 0) is 25.3 Å². The topological polar surface area (TPSA) is 240 Å². The molecule has 0 saturated heterocycles. The lowest BCUT2D eigenvalue weighted by Crippen LogP contribution is -2.59. The highest BCUT2D eigenvalue weighted by Crippen LogP contribution is 2.09. The van der Waals surface area contributed by atoms with Gasteiger partial charge in [-0.3, -0.25) is 19.2 Å². The quantitative estimate of drug-likeness (QED) is 0.109. The second-order valence-electron chi connectivity index (χ2n) is 7.58. The van der Waals surface area contributed by atoms with Crippen LogP contribution < -0.4 is 33.2 Å². The number of aliphatic hydroxyl groups excluding tert-OH is 1. The van der Waals surface area contributed by atoms with E-state index >= 15 is 0 Å². The van der Waals surface area contributed by atoms with Gasteiger partial charge in [0, 0.05) is 0 Å². The summed E-state index contributed by atoms with van der Waals surface area (Å²) in [5.41, 5.74) is 16.2. The smallest absolute Gasteiger partial charge is 0.326 e. The Morgan fingerprint density at radius 2 is 1.53 bits per heavy atom. The van der Waals surface area contributed by atoms with Crippen molar-refractivity contribution in [2.75, 3.05) is 13.2 Å². The van der Waals surface area contributed by atoms with Crippen LogP contribution in [0.4, 0.5) is 0 Å². The maximum absolute atomic E-state index is 12.6. The van der Waals surface area contributed by atoms with E-state index in [2.05, 4.69) is 16.0 Å². The number of unbranched alkanes of at least 4 members (excludes halogenated alkanes) is 1. The highest BCUT2D eigenvalue weighted by atomic mass is 16.4. The van der Waals surface area contributed by atoms with Crippen molar-refractivity contribution in [2.45, 2.75) is 70.1 Å². The van der Waals surface area contributed by atoms with Crippen LogP contribution in [0.3, 0.4) is 0 Å². The van der Waals surface area contributed by atoms with Crippen molar-refractivity contribution in [1.82, 2.24) is 16.0 Å². The van der Waals surface area contributed by atoms with Crippen molar-refractivity contribution in [3.63, 3.8) is 0 Å². The Labute approximate surface area is 186 Å². The van der Waals surface area contributed by atoms with Gasteiger partial charge in [-0.1, -0.05) is 26.7 Å². The van der Waals surface area contributed by atoms with Crippen LogP contribution >= 0.6 is 0 Å². The van der Waals surface area contributed by atoms with Gasteiger partial charge in [-0.2, -0.15) is 0 Å². The van der Waals surface area contributed by atoms with Crippen LogP contribution in [0.15, 0.2) is 0 Å². The number of hydrogen-bond donors (Lipinski definition) is 8. The molecule has 0 aliphatic carbocycles. The van der Waals surface area contributed by atoms with E-state index in [9.17, 15) is 34.2 Å². The number of carboxylic acids is 1. The van der Waals surface area contributed by atoms with E-state index in [-0.39, 0.29) is 0 Å². The van der Waals surface area contributed by atoms with Crippen molar-refractivity contribution in [3.8, 4) is 0 Å². The van der Waals surface area contributed by atoms with Crippen LogP contribution in [0, 0.1) is 5.92 Å². The second kappa shape index (κ2) is 15.1. The first-order valence-corrected chi connectivity index (χ1v) is 10.5. The lowest BCUT2D eigenvalue weighted by Gasteiger charge is -2.27. The van der Waals surface area contributed by atoms with Crippen LogP contribution in [0.2, 0.25) is 0 Å². The number of rotatable bonds is 16. The zero-order chi connectivity index (χ0) is 24.8. The number of hydrogen-bond acceptors (Lipinski definition) is 8. The Hall–Kier alpha value is -2.77. The number of aliphatic hydroxyl groups is 1. The second-order valence-corrected chi connectivity index (χ2v) is 7.58. The minimum Gasteiger partial charge on any atom is -0.480 e. The minimum absolute atomic E-state index is 0.344. The standard InChI is InChI=1S/C19H36N6O7/c1-3-10(2)15(18(30)23-12(19(31)32)8-14(22)27)25-17(29)13(9-26)24-16(28)11(21)6-4-5-7-20/h10-13,15,26H,3-9,20-21H2,1-2H3,(H2,22,27)(H,23,30)(H,24,28)(H,25,29)(H,31,32). The van der Waals surface area contributed by atoms with E-state index in [0.717, 1.165) is 0 Å². The summed E-state index contributed by atoms with van der Waals surface area (Å²) in [5.74, 6) is -5.16. The number of nitrogens with two attached hydrogens (primary N) is 3. The Morgan fingerprint density at radius 3 is 2.00 bits per heavy atom. The molecule has 5 unspecified atom stereocenters. The number of carboxylic acid groups (broad SMARTS) is 1. The molecule has 0 aromatic rings. The third-order valence-corrected chi connectivity index (χ3v) is 4.93. The summed E-state index contributed by atoms with van der Waals surface area (Å²) in [7, 11) is 0. The number of carbonyl (C=O) groups is 5. The first-order valence-electron chi connectivity index (χ1n) is 10.5. The van der Waals surface area contributed by atoms with E-state index in [1.165, 1.54) is 0 Å². The maximum Gasteiger partial charge on any atom is 0.326 e. The molecule has 0 aliphatic heterocycles. The molecule has 13 nitrogen and oxygen atoms in total. The molecule has 0 radical (unpaired) electrons. The lowest BCUT2D eigenvalue weighted by atomic mass is 9.97. The van der Waals surface area contributed by atoms with Crippen LogP contribution in [0.25, 0.3) is 0 Å². The molecule has 0 spiro atoms. The predicted octanol–water partition coefficient (Wildman–Crippen LogP) is -3.10. The van der Waals surface area contributed by atoms with Crippen molar-refractivity contribution in [2.24, 2.45) is 23.1 Å². The fraction of sp³-hybridized carbons (Fsp3) is 0.737. The monoisotopic (exact) mass is 460 g/mol. The molecule has 0 fully saturated rings. The molecule has 0 bridgehead atoms. The van der Waals surface area contributed by atoms with Gasteiger partial charge in [0.2, 0.25) is 23.6 Å². The molecule has 184 valence electrons. The highest BCUT2D eigenvalue weighted by Gasteiger charge is 2.33. The summed E-state index contributed by atoms with van der Waals surface area (Å²) in [6, 6.07) is -5.03. The summed E-state index contributed by atoms with van der Waals surface area (Å²) in [4.78, 5) is 59.8. The molecule has 5 atom stereocenters. The van der Waals surface area contributed by atoms with Crippen molar-refractivity contribution in [3.05, 3.63) is 0 Å². The number of primary amides is 1. The van der Waals surface area contributed by atoms with Gasteiger partial charge in [0.25, 0.3) is 0 Å². The molecular formula is C19H36N6O7. The molecule has 0 aliphatic rings. The molecule has 0 heterocycles. The van der Waals surface area contributed by atoms with E-state index in [4.69, 9.17) is 17.2 Å². The summed E-state index contributed by atoms with van der Waals surface area (Å²) >= 11 is 0. The zero-order valence-electron chi connectivity index (χ0n) is 18.5. The fourth-order valence-electron chi connectivity index (χ4n) is 2.73. The third kappa shape index (κ3) is 10.5. The van der Waals surface area contributed by atoms with Gasteiger partial charge < -0.3 is 43.4 Å². The van der Waals surface area contributed by atoms with Crippen molar-refractivity contribution < 1.29 is 34.2 Å². The Bertz CT molecular complexity index is 660. The summed E-state index contributed by atoms with van der Waals surface area (Å²) < 4.78 is 0. The third-order valence-electron chi connectivity index (χ3n) is 4.93. The summed E-state index contributed by atoms with van der Waals surface area (Å²) in [5, 5.41) is 25.7. The molecule has 32 heavy (non-hydrogen) atoms. The normalized spacial score (nSPS) is 15.5. The molecule has 11 N–H and O–H groups in total. The zero-order valence-corrected chi connectivity index (χ0v) is 18.5. The fourth-order valence-corrected chi connectivity index (χ4v) is 2.73. The number of amides is 4. The van der Waals surface area contributed by atoms with Crippen molar-refractivity contribution in [1.29, 1.82) is 0 Å². The molecule has 0 rings (SSSR count). The van der Waals surface area contributed by atoms with Crippen LogP contribution in [0.5, 0.6) is 0 Å². The van der Waals surface area contributed by atoms with E-state index < -0.39 is 72.7 Å². The Morgan fingerprint density at radius 1 is 0.938 bits per heavy atom. The lowest BCUT2D eigenvalue weighted by molar-refractivity contribution is -0.144. The van der Waals surface area contributed by atoms with E-state index in [1.807, 2.05) is 0 Å². The van der Waals surface area contributed by atoms with Crippen LogP contribution in [-0.2, 0) is 24.0 Å². The van der Waals surface area contributed by atoms with E-state index in [1.54, 1.807) is 13.8 Å². The van der Waals surface area contributed by atoms with Crippen molar-refractivity contribution >= 4 is 29.6 Å². The number of carbonyl (C=O) groups excluding carboxylic acids is 4. The first-order chi connectivity index (χ1) is 15.0. The summed E-state index contributed by atoms with van der Waals surface area (Å²) in [6.07, 6.45) is 1.46. The SMILES string of the molecule is CCC(C)C(NC(=O)C(CO)NC(=O)C(N)CCCCN)C(=O)NC(CC(N)=O)C(=O)O. The minimum atomic E-state index is -1.57. The Kier molecular flexibility index (Phi) is 13.8. The first kappa shape index (κ1) is 29.2. The van der Waals surface area contributed by atoms with E-state index in [0.29, 0.717) is 32.2 Å². The molecule has 0 aromatic carbocycles. The van der Waals surface area contributed by atoms with Gasteiger partial charge in [0.05, 0.1) is 19.1 Å². The predicted molar refractivity (Wildman–Crippen MR) is 115 cm³/mol. The number of nitrogens with one attached hydrogen (secondary N) is 3. The number of aliphatic carboxylic acids is 1. The average molecular weight is 461 g/mol. The van der Waals surface area contributed by atoms with Crippen LogP contribution in [0.1, 0.15) is 46.0 Å². The Balaban J connectivity index is 5.24. The molecule has 0 aromatic heterocycles.